The van der Waals surface area contributed by atoms with E-state index in [0.717, 1.165) is 22.7 Å². The Bertz CT molecular complexity index is 2640. The first-order valence-electron chi connectivity index (χ1n) is 17.9. The third-order valence-electron chi connectivity index (χ3n) is 10.9. The largest absolute Gasteiger partial charge is 0.310 e. The van der Waals surface area contributed by atoms with Crippen molar-refractivity contribution in [2.75, 3.05) is 4.90 Å². The number of anilines is 3. The number of hydrogen-bond acceptors (Lipinski definition) is 1. The number of nitrogens with zero attached hydrogens (tertiary/aromatic N) is 2. The fourth-order valence-electron chi connectivity index (χ4n) is 8.60. The van der Waals surface area contributed by atoms with Crippen molar-refractivity contribution in [2.24, 2.45) is 5.92 Å². The minimum Gasteiger partial charge on any atom is -0.310 e. The number of hydrogen-bond donors (Lipinski definition) is 0. The average molecular weight is 653 g/mol. The van der Waals surface area contributed by atoms with Crippen molar-refractivity contribution >= 4 is 44.4 Å². The van der Waals surface area contributed by atoms with E-state index in [1.807, 2.05) is 0 Å². The van der Waals surface area contributed by atoms with Crippen LogP contribution in [0.1, 0.15) is 24.0 Å². The van der Waals surface area contributed by atoms with Crippen LogP contribution in [0.3, 0.4) is 0 Å². The number of aromatic nitrogens is 1. The van der Waals surface area contributed by atoms with Gasteiger partial charge in [0.15, 0.2) is 0 Å². The fourth-order valence-corrected chi connectivity index (χ4v) is 8.60. The predicted octanol–water partition coefficient (Wildman–Crippen LogP) is 13.3. The van der Waals surface area contributed by atoms with Crippen LogP contribution in [0.5, 0.6) is 0 Å². The van der Waals surface area contributed by atoms with Gasteiger partial charge in [-0.2, -0.15) is 0 Å². The lowest BCUT2D eigenvalue weighted by molar-refractivity contribution is 0.647. The molecule has 0 spiro atoms. The molecule has 2 aliphatic rings. The Hall–Kier alpha value is -6.38. The van der Waals surface area contributed by atoms with Crippen LogP contribution in [-0.4, -0.2) is 4.57 Å². The average Bonchev–Trinajstić information content (AvgIpc) is 3.54. The van der Waals surface area contributed by atoms with Gasteiger partial charge in [0.1, 0.15) is 0 Å². The molecule has 2 heteroatoms. The van der Waals surface area contributed by atoms with Crippen LogP contribution in [0, 0.1) is 5.92 Å². The van der Waals surface area contributed by atoms with E-state index < -0.39 is 0 Å². The maximum absolute atomic E-state index is 2.45. The van der Waals surface area contributed by atoms with Gasteiger partial charge in [0.2, 0.25) is 0 Å². The number of allylic oxidation sites excluding steroid dienone is 4. The van der Waals surface area contributed by atoms with E-state index >= 15 is 0 Å². The van der Waals surface area contributed by atoms with Crippen molar-refractivity contribution in [2.45, 2.75) is 12.8 Å². The summed E-state index contributed by atoms with van der Waals surface area (Å²) in [5.41, 5.74) is 16.2. The lowest BCUT2D eigenvalue weighted by Gasteiger charge is -2.36. The second-order valence-corrected chi connectivity index (χ2v) is 13.8. The first-order chi connectivity index (χ1) is 25.2. The summed E-state index contributed by atoms with van der Waals surface area (Å²) < 4.78 is 2.42. The molecule has 0 amide bonds. The second-order valence-electron chi connectivity index (χ2n) is 13.8. The molecule has 1 aromatic heterocycles. The van der Waals surface area contributed by atoms with Crippen LogP contribution in [0.25, 0.3) is 55.3 Å². The molecule has 242 valence electrons. The lowest BCUT2D eigenvalue weighted by atomic mass is 9.68. The molecule has 10 rings (SSSR count). The Morgan fingerprint density at radius 3 is 2.08 bits per heavy atom. The van der Waals surface area contributed by atoms with Crippen molar-refractivity contribution in [3.05, 3.63) is 199 Å². The zero-order valence-electron chi connectivity index (χ0n) is 28.4. The first kappa shape index (κ1) is 29.5. The summed E-state index contributed by atoms with van der Waals surface area (Å²) in [6.07, 6.45) is 6.94. The standard InChI is InChI=1S/C49H36N2/c1-33-14-12-22-42-44-32-38(30-31-40(44)39-19-8-9-20-41(39)48(33)42)50(36-17-6-3-7-18-36)46-24-13-25-47-49(46)43-21-10-11-23-45(43)51(47)37-28-26-35(27-29-37)34-15-4-2-5-16-34/h2-33,48H,1H3. The van der Waals surface area contributed by atoms with Gasteiger partial charge in [0, 0.05) is 33.8 Å². The minimum absolute atomic E-state index is 0.341. The normalized spacial score (nSPS) is 16.0. The van der Waals surface area contributed by atoms with E-state index in [4.69, 9.17) is 0 Å². The highest BCUT2D eigenvalue weighted by atomic mass is 15.1. The van der Waals surface area contributed by atoms with Crippen LogP contribution < -0.4 is 4.90 Å². The van der Waals surface area contributed by atoms with Crippen molar-refractivity contribution in [3.8, 4) is 27.9 Å². The Morgan fingerprint density at radius 2 is 1.24 bits per heavy atom. The summed E-state index contributed by atoms with van der Waals surface area (Å²) in [6, 6.07) is 62.1. The number of benzene rings is 7. The summed E-state index contributed by atoms with van der Waals surface area (Å²) in [5, 5.41) is 2.47. The molecule has 0 aliphatic heterocycles. The van der Waals surface area contributed by atoms with Crippen LogP contribution in [0.4, 0.5) is 17.1 Å². The first-order valence-corrected chi connectivity index (χ1v) is 17.9. The van der Waals surface area contributed by atoms with Gasteiger partial charge >= 0.3 is 0 Å². The molecule has 2 aliphatic carbocycles. The number of fused-ring (bicyclic) bond motifs is 9. The lowest BCUT2D eigenvalue weighted by Crippen LogP contribution is -2.18. The predicted molar refractivity (Wildman–Crippen MR) is 215 cm³/mol. The molecule has 0 saturated carbocycles. The Labute approximate surface area is 298 Å². The molecule has 2 unspecified atom stereocenters. The van der Waals surface area contributed by atoms with Crippen LogP contribution in [0.15, 0.2) is 188 Å². The van der Waals surface area contributed by atoms with Gasteiger partial charge in [-0.05, 0) is 99.5 Å². The van der Waals surface area contributed by atoms with Crippen molar-refractivity contribution < 1.29 is 0 Å². The molecule has 2 atom stereocenters. The Morgan fingerprint density at radius 1 is 0.529 bits per heavy atom. The monoisotopic (exact) mass is 652 g/mol. The van der Waals surface area contributed by atoms with E-state index in [-0.39, 0.29) is 0 Å². The van der Waals surface area contributed by atoms with Gasteiger partial charge in [-0.15, -0.1) is 0 Å². The van der Waals surface area contributed by atoms with Crippen molar-refractivity contribution in [3.63, 3.8) is 0 Å². The highest BCUT2D eigenvalue weighted by molar-refractivity contribution is 6.16. The third-order valence-corrected chi connectivity index (χ3v) is 10.9. The van der Waals surface area contributed by atoms with Crippen LogP contribution >= 0.6 is 0 Å². The number of para-hydroxylation sites is 2. The summed E-state index contributed by atoms with van der Waals surface area (Å²) in [5.74, 6) is 0.767. The van der Waals surface area contributed by atoms with Crippen molar-refractivity contribution in [1.82, 2.24) is 4.57 Å². The molecule has 8 aromatic rings. The fraction of sp³-hybridized carbons (Fsp3) is 0.0612. The van der Waals surface area contributed by atoms with Crippen LogP contribution in [0.2, 0.25) is 0 Å². The third kappa shape index (κ3) is 4.71. The molecule has 0 bridgehead atoms. The van der Waals surface area contributed by atoms with Crippen LogP contribution in [-0.2, 0) is 0 Å². The van der Waals surface area contributed by atoms with E-state index in [0.29, 0.717) is 11.8 Å². The highest BCUT2D eigenvalue weighted by Crippen LogP contribution is 2.53. The van der Waals surface area contributed by atoms with E-state index in [2.05, 4.69) is 204 Å². The summed E-state index contributed by atoms with van der Waals surface area (Å²) >= 11 is 0. The maximum Gasteiger partial charge on any atom is 0.0562 e. The van der Waals surface area contributed by atoms with Gasteiger partial charge in [0.05, 0.1) is 16.7 Å². The van der Waals surface area contributed by atoms with Gasteiger partial charge < -0.3 is 9.47 Å². The Kier molecular flexibility index (Phi) is 6.89. The van der Waals surface area contributed by atoms with E-state index in [1.54, 1.807) is 0 Å². The minimum atomic E-state index is 0.341. The van der Waals surface area contributed by atoms with Gasteiger partial charge in [-0.1, -0.05) is 140 Å². The molecule has 2 nitrogen and oxygen atoms in total. The summed E-state index contributed by atoms with van der Waals surface area (Å²) in [4.78, 5) is 2.45. The second kappa shape index (κ2) is 11.9. The molecular weight excluding hydrogens is 617 g/mol. The Balaban J connectivity index is 1.19. The quantitative estimate of drug-likeness (QED) is 0.180. The molecular formula is C49H36N2. The molecule has 0 fully saturated rings. The number of rotatable bonds is 5. The smallest absolute Gasteiger partial charge is 0.0562 e. The van der Waals surface area contributed by atoms with Gasteiger partial charge in [-0.25, -0.2) is 0 Å². The molecule has 7 aromatic carbocycles. The van der Waals surface area contributed by atoms with Gasteiger partial charge in [-0.3, -0.25) is 0 Å². The van der Waals surface area contributed by atoms with E-state index in [1.165, 1.54) is 60.8 Å². The highest BCUT2D eigenvalue weighted by Gasteiger charge is 2.33. The van der Waals surface area contributed by atoms with Crippen molar-refractivity contribution in [1.29, 1.82) is 0 Å². The molecule has 0 N–H and O–H groups in total. The zero-order chi connectivity index (χ0) is 33.9. The summed E-state index contributed by atoms with van der Waals surface area (Å²) in [6.45, 7) is 2.35. The van der Waals surface area contributed by atoms with Gasteiger partial charge in [0.25, 0.3) is 0 Å². The maximum atomic E-state index is 2.45. The molecule has 51 heavy (non-hydrogen) atoms. The molecule has 0 saturated heterocycles. The van der Waals surface area contributed by atoms with E-state index in [9.17, 15) is 0 Å². The zero-order valence-corrected chi connectivity index (χ0v) is 28.4. The molecule has 1 heterocycles. The topological polar surface area (TPSA) is 8.17 Å². The SMILES string of the molecule is CC1C=CC=C2c3cc(N(c4ccccc4)c4cccc5c4c4ccccc4n5-c4ccc(-c5ccccc5)cc4)ccc3-c3ccccc3C21. The molecule has 0 radical (unpaired) electrons. The summed E-state index contributed by atoms with van der Waals surface area (Å²) in [7, 11) is 0.